The average Bonchev–Trinajstić information content (AvgIpc) is 3.12. The van der Waals surface area contributed by atoms with Gasteiger partial charge in [0.2, 0.25) is 0 Å². The van der Waals surface area contributed by atoms with Crippen LogP contribution >= 0.6 is 0 Å². The summed E-state index contributed by atoms with van der Waals surface area (Å²) in [6.07, 6.45) is 8.88. The molecule has 1 saturated carbocycles. The van der Waals surface area contributed by atoms with Crippen molar-refractivity contribution in [3.8, 4) is 0 Å². The van der Waals surface area contributed by atoms with Gasteiger partial charge < -0.3 is 4.74 Å². The van der Waals surface area contributed by atoms with Crippen LogP contribution in [-0.4, -0.2) is 44.2 Å². The van der Waals surface area contributed by atoms with E-state index in [1.807, 2.05) is 29.7 Å². The summed E-state index contributed by atoms with van der Waals surface area (Å²) in [5.74, 6) is 1.18. The summed E-state index contributed by atoms with van der Waals surface area (Å²) in [5, 5.41) is 8.96. The predicted molar refractivity (Wildman–Crippen MR) is 86.8 cm³/mol. The zero-order valence-electron chi connectivity index (χ0n) is 14.0. The van der Waals surface area contributed by atoms with E-state index in [1.54, 1.807) is 0 Å². The van der Waals surface area contributed by atoms with Crippen molar-refractivity contribution >= 4 is 0 Å². The van der Waals surface area contributed by atoms with Crippen molar-refractivity contribution in [3.05, 3.63) is 35.4 Å². The van der Waals surface area contributed by atoms with E-state index in [4.69, 9.17) is 4.74 Å². The van der Waals surface area contributed by atoms with Crippen LogP contribution in [0.1, 0.15) is 35.6 Å². The van der Waals surface area contributed by atoms with E-state index in [9.17, 15) is 0 Å². The lowest BCUT2D eigenvalue weighted by Crippen LogP contribution is -2.34. The van der Waals surface area contributed by atoms with Gasteiger partial charge in [0, 0.05) is 69.8 Å². The van der Waals surface area contributed by atoms with Crippen molar-refractivity contribution in [3.63, 3.8) is 0 Å². The van der Waals surface area contributed by atoms with Crippen molar-refractivity contribution < 1.29 is 4.74 Å². The molecule has 1 atom stereocenters. The Bertz CT molecular complexity index is 672. The quantitative estimate of drug-likeness (QED) is 0.814. The molecule has 124 valence electrons. The minimum atomic E-state index is 0.371. The SMILES string of the molecule is Cn1cc(CN2Cc3cn(C)nc3[C@@H](COCC3CC3)C2)cn1. The molecule has 6 heteroatoms. The second-order valence-corrected chi connectivity index (χ2v) is 7.08. The van der Waals surface area contributed by atoms with E-state index in [1.165, 1.54) is 29.7 Å². The van der Waals surface area contributed by atoms with Crippen LogP contribution in [0.3, 0.4) is 0 Å². The molecule has 2 aromatic heterocycles. The van der Waals surface area contributed by atoms with Crippen molar-refractivity contribution in [1.82, 2.24) is 24.5 Å². The lowest BCUT2D eigenvalue weighted by atomic mass is 9.97. The molecule has 0 amide bonds. The van der Waals surface area contributed by atoms with Crippen molar-refractivity contribution in [2.24, 2.45) is 20.0 Å². The van der Waals surface area contributed by atoms with Crippen LogP contribution in [0.4, 0.5) is 0 Å². The number of ether oxygens (including phenoxy) is 1. The lowest BCUT2D eigenvalue weighted by molar-refractivity contribution is 0.0881. The minimum absolute atomic E-state index is 0.371. The Hall–Kier alpha value is -1.66. The molecule has 1 aliphatic carbocycles. The van der Waals surface area contributed by atoms with Gasteiger partial charge in [-0.15, -0.1) is 0 Å². The second-order valence-electron chi connectivity index (χ2n) is 7.08. The number of fused-ring (bicyclic) bond motifs is 1. The minimum Gasteiger partial charge on any atom is -0.380 e. The van der Waals surface area contributed by atoms with Crippen LogP contribution in [0.5, 0.6) is 0 Å². The van der Waals surface area contributed by atoms with E-state index in [2.05, 4.69) is 27.5 Å². The molecule has 0 aromatic carbocycles. The van der Waals surface area contributed by atoms with Crippen LogP contribution < -0.4 is 0 Å². The zero-order valence-corrected chi connectivity index (χ0v) is 14.0. The molecule has 23 heavy (non-hydrogen) atoms. The third-order valence-electron chi connectivity index (χ3n) is 4.73. The van der Waals surface area contributed by atoms with Crippen molar-refractivity contribution in [2.45, 2.75) is 31.8 Å². The summed E-state index contributed by atoms with van der Waals surface area (Å²) in [6, 6.07) is 0. The van der Waals surface area contributed by atoms with Crippen LogP contribution in [0, 0.1) is 5.92 Å². The highest BCUT2D eigenvalue weighted by atomic mass is 16.5. The fourth-order valence-corrected chi connectivity index (χ4v) is 3.45. The third kappa shape index (κ3) is 3.48. The first-order valence-electron chi connectivity index (χ1n) is 8.47. The van der Waals surface area contributed by atoms with Crippen LogP contribution in [-0.2, 0) is 31.9 Å². The monoisotopic (exact) mass is 315 g/mol. The summed E-state index contributed by atoms with van der Waals surface area (Å²) >= 11 is 0. The van der Waals surface area contributed by atoms with E-state index in [0.717, 1.165) is 38.8 Å². The Kier molecular flexibility index (Phi) is 3.95. The largest absolute Gasteiger partial charge is 0.380 e. The highest BCUT2D eigenvalue weighted by Crippen LogP contribution is 2.31. The second kappa shape index (κ2) is 6.09. The number of hydrogen-bond acceptors (Lipinski definition) is 4. The average molecular weight is 315 g/mol. The third-order valence-corrected chi connectivity index (χ3v) is 4.73. The molecule has 1 fully saturated rings. The van der Waals surface area contributed by atoms with Crippen molar-refractivity contribution in [2.75, 3.05) is 19.8 Å². The maximum atomic E-state index is 5.97. The van der Waals surface area contributed by atoms with Gasteiger partial charge in [-0.25, -0.2) is 0 Å². The number of nitrogens with zero attached hydrogens (tertiary/aromatic N) is 5. The standard InChI is InChI=1S/C17H25N5O/c1-20-6-14(5-18-20)7-22-9-15-8-21(2)19-17(15)16(10-22)12-23-11-13-3-4-13/h5-6,8,13,16H,3-4,7,9-12H2,1-2H3/t16-/m1/s1. The smallest absolute Gasteiger partial charge is 0.0736 e. The molecule has 3 heterocycles. The summed E-state index contributed by atoms with van der Waals surface area (Å²) in [7, 11) is 3.97. The fourth-order valence-electron chi connectivity index (χ4n) is 3.45. The van der Waals surface area contributed by atoms with Gasteiger partial charge in [-0.1, -0.05) is 0 Å². The summed E-state index contributed by atoms with van der Waals surface area (Å²) in [4.78, 5) is 2.48. The Morgan fingerprint density at radius 3 is 2.78 bits per heavy atom. The molecule has 0 spiro atoms. The molecule has 0 unspecified atom stereocenters. The van der Waals surface area contributed by atoms with E-state index in [-0.39, 0.29) is 0 Å². The van der Waals surface area contributed by atoms with E-state index < -0.39 is 0 Å². The molecule has 4 rings (SSSR count). The van der Waals surface area contributed by atoms with Gasteiger partial charge >= 0.3 is 0 Å². The molecule has 0 saturated heterocycles. The lowest BCUT2D eigenvalue weighted by Gasteiger charge is -2.31. The van der Waals surface area contributed by atoms with E-state index >= 15 is 0 Å². The van der Waals surface area contributed by atoms with E-state index in [0.29, 0.717) is 5.92 Å². The molecule has 2 aromatic rings. The van der Waals surface area contributed by atoms with Gasteiger partial charge in [0.05, 0.1) is 18.5 Å². The fraction of sp³-hybridized carbons (Fsp3) is 0.647. The highest BCUT2D eigenvalue weighted by Gasteiger charge is 2.29. The molecule has 0 radical (unpaired) electrons. The van der Waals surface area contributed by atoms with Gasteiger partial charge in [-0.05, 0) is 18.8 Å². The number of rotatable bonds is 6. The molecule has 0 N–H and O–H groups in total. The van der Waals surface area contributed by atoms with Crippen LogP contribution in [0.25, 0.3) is 0 Å². The van der Waals surface area contributed by atoms with Crippen LogP contribution in [0.15, 0.2) is 18.6 Å². The Morgan fingerprint density at radius 2 is 2.04 bits per heavy atom. The first-order valence-corrected chi connectivity index (χ1v) is 8.47. The molecule has 6 nitrogen and oxygen atoms in total. The van der Waals surface area contributed by atoms with Gasteiger partial charge in [0.25, 0.3) is 0 Å². The molecular weight excluding hydrogens is 290 g/mol. The summed E-state index contributed by atoms with van der Waals surface area (Å²) in [6.45, 7) is 4.59. The van der Waals surface area contributed by atoms with Crippen LogP contribution in [0.2, 0.25) is 0 Å². The molecule has 1 aliphatic heterocycles. The first-order chi connectivity index (χ1) is 11.2. The van der Waals surface area contributed by atoms with Gasteiger partial charge in [0.15, 0.2) is 0 Å². The predicted octanol–water partition coefficient (Wildman–Crippen LogP) is 1.68. The molecule has 2 aliphatic rings. The molecular formula is C17H25N5O. The van der Waals surface area contributed by atoms with Crippen molar-refractivity contribution in [1.29, 1.82) is 0 Å². The van der Waals surface area contributed by atoms with Gasteiger partial charge in [0.1, 0.15) is 0 Å². The Labute approximate surface area is 137 Å². The number of hydrogen-bond donors (Lipinski definition) is 0. The highest BCUT2D eigenvalue weighted by molar-refractivity contribution is 5.25. The normalized spacial score (nSPS) is 21.6. The van der Waals surface area contributed by atoms with Gasteiger partial charge in [-0.2, -0.15) is 10.2 Å². The Morgan fingerprint density at radius 1 is 1.17 bits per heavy atom. The number of aryl methyl sites for hydroxylation is 2. The first kappa shape index (κ1) is 14.9. The van der Waals surface area contributed by atoms with Gasteiger partial charge in [-0.3, -0.25) is 14.3 Å². The summed E-state index contributed by atoms with van der Waals surface area (Å²) in [5.41, 5.74) is 3.82. The summed E-state index contributed by atoms with van der Waals surface area (Å²) < 4.78 is 9.78. The molecule has 0 bridgehead atoms. The Balaban J connectivity index is 1.45. The topological polar surface area (TPSA) is 48.1 Å². The maximum Gasteiger partial charge on any atom is 0.0736 e. The maximum absolute atomic E-state index is 5.97. The zero-order chi connectivity index (χ0) is 15.8. The number of aromatic nitrogens is 4.